The summed E-state index contributed by atoms with van der Waals surface area (Å²) in [5.41, 5.74) is 1.40. The van der Waals surface area contributed by atoms with Gasteiger partial charge in [-0.3, -0.25) is 9.59 Å². The monoisotopic (exact) mass is 325 g/mol. The molecule has 1 N–H and O–H groups in total. The molecule has 1 aromatic carbocycles. The molecule has 2 amide bonds. The minimum atomic E-state index is -0.213. The van der Waals surface area contributed by atoms with Gasteiger partial charge in [0.05, 0.1) is 6.04 Å². The van der Waals surface area contributed by atoms with Gasteiger partial charge in [0.25, 0.3) is 5.91 Å². The lowest BCUT2D eigenvalue weighted by Gasteiger charge is -2.32. The smallest absolute Gasteiger partial charge is 0.251 e. The van der Waals surface area contributed by atoms with Crippen LogP contribution in [0.15, 0.2) is 48.8 Å². The molecule has 5 heteroatoms. The molecule has 24 heavy (non-hydrogen) atoms. The number of nitrogens with one attached hydrogen (secondary N) is 1. The van der Waals surface area contributed by atoms with Gasteiger partial charge in [-0.05, 0) is 57.2 Å². The minimum Gasteiger partial charge on any atom is -0.347 e. The predicted octanol–water partition coefficient (Wildman–Crippen LogP) is 2.61. The first-order valence-corrected chi connectivity index (χ1v) is 8.19. The Kier molecular flexibility index (Phi) is 4.18. The van der Waals surface area contributed by atoms with Crippen LogP contribution in [-0.4, -0.2) is 39.4 Å². The van der Waals surface area contributed by atoms with Crippen molar-refractivity contribution in [3.8, 4) is 5.69 Å². The lowest BCUT2D eigenvalue weighted by atomic mass is 10.1. The van der Waals surface area contributed by atoms with E-state index >= 15 is 0 Å². The third kappa shape index (κ3) is 3.35. The van der Waals surface area contributed by atoms with E-state index in [-0.39, 0.29) is 23.4 Å². The van der Waals surface area contributed by atoms with E-state index in [1.54, 1.807) is 0 Å². The van der Waals surface area contributed by atoms with Crippen LogP contribution >= 0.6 is 0 Å². The largest absolute Gasteiger partial charge is 0.347 e. The minimum absolute atomic E-state index is 0.0933. The number of carbonyl (C=O) groups is 2. The molecule has 0 radical (unpaired) electrons. The normalized spacial score (nSPS) is 18.0. The van der Waals surface area contributed by atoms with Crippen LogP contribution in [0.5, 0.6) is 0 Å². The molecule has 1 aromatic heterocycles. The van der Waals surface area contributed by atoms with Crippen LogP contribution < -0.4 is 5.32 Å². The molecule has 1 aliphatic rings. The number of benzene rings is 1. The van der Waals surface area contributed by atoms with Crippen LogP contribution in [-0.2, 0) is 4.79 Å². The summed E-state index contributed by atoms with van der Waals surface area (Å²) in [5.74, 6) is -0.0432. The fraction of sp³-hybridized carbons (Fsp3) is 0.368. The first-order chi connectivity index (χ1) is 11.3. The van der Waals surface area contributed by atoms with Gasteiger partial charge in [-0.2, -0.15) is 0 Å². The Labute approximate surface area is 142 Å². The van der Waals surface area contributed by atoms with Gasteiger partial charge in [-0.25, -0.2) is 0 Å². The average molecular weight is 325 g/mol. The summed E-state index contributed by atoms with van der Waals surface area (Å²) in [5, 5.41) is 2.97. The van der Waals surface area contributed by atoms with Gasteiger partial charge in [0.1, 0.15) is 0 Å². The zero-order chi connectivity index (χ0) is 17.3. The number of carbonyl (C=O) groups excluding carboxylic acids is 2. The maximum absolute atomic E-state index is 12.4. The number of likely N-dealkylation sites (tertiary alicyclic amines) is 1. The summed E-state index contributed by atoms with van der Waals surface area (Å²) in [6, 6.07) is 11.2. The second-order valence-electron chi connectivity index (χ2n) is 7.19. The highest BCUT2D eigenvalue weighted by Crippen LogP contribution is 2.22. The number of hydrogen-bond donors (Lipinski definition) is 1. The fourth-order valence-corrected chi connectivity index (χ4v) is 3.01. The van der Waals surface area contributed by atoms with E-state index in [1.165, 1.54) is 0 Å². The maximum Gasteiger partial charge on any atom is 0.251 e. The second-order valence-corrected chi connectivity index (χ2v) is 7.19. The van der Waals surface area contributed by atoms with Gasteiger partial charge in [-0.1, -0.05) is 0 Å². The second kappa shape index (κ2) is 6.15. The van der Waals surface area contributed by atoms with Crippen LogP contribution in [0, 0.1) is 0 Å². The molecular weight excluding hydrogens is 302 g/mol. The fourth-order valence-electron chi connectivity index (χ4n) is 3.01. The lowest BCUT2D eigenvalue weighted by molar-refractivity contribution is -0.131. The molecule has 1 atom stereocenters. The number of rotatable bonds is 3. The molecule has 1 unspecified atom stereocenters. The van der Waals surface area contributed by atoms with Gasteiger partial charge in [-0.15, -0.1) is 0 Å². The molecule has 0 saturated carbocycles. The Bertz CT molecular complexity index is 727. The third-order valence-corrected chi connectivity index (χ3v) is 4.30. The highest BCUT2D eigenvalue weighted by molar-refractivity contribution is 5.95. The number of amides is 2. The topological polar surface area (TPSA) is 54.3 Å². The molecule has 0 aliphatic carbocycles. The van der Waals surface area contributed by atoms with Crippen LogP contribution in [0.2, 0.25) is 0 Å². The molecule has 0 bridgehead atoms. The van der Waals surface area contributed by atoms with E-state index in [2.05, 4.69) is 5.32 Å². The van der Waals surface area contributed by atoms with E-state index in [0.29, 0.717) is 18.5 Å². The molecular formula is C19H23N3O2. The highest BCUT2D eigenvalue weighted by atomic mass is 16.2. The van der Waals surface area contributed by atoms with Crippen molar-refractivity contribution < 1.29 is 9.59 Å². The zero-order valence-electron chi connectivity index (χ0n) is 14.3. The van der Waals surface area contributed by atoms with Crippen LogP contribution in [0.1, 0.15) is 37.6 Å². The van der Waals surface area contributed by atoms with Gasteiger partial charge in [0.15, 0.2) is 0 Å². The van der Waals surface area contributed by atoms with Gasteiger partial charge >= 0.3 is 0 Å². The van der Waals surface area contributed by atoms with E-state index in [0.717, 1.165) is 5.69 Å². The molecule has 1 aliphatic heterocycles. The van der Waals surface area contributed by atoms with Crippen LogP contribution in [0.3, 0.4) is 0 Å². The van der Waals surface area contributed by atoms with Crippen molar-refractivity contribution in [3.63, 3.8) is 0 Å². The molecule has 5 nitrogen and oxygen atoms in total. The summed E-state index contributed by atoms with van der Waals surface area (Å²) in [6.07, 6.45) is 4.28. The number of aromatic nitrogens is 1. The standard InChI is InChI=1S/C19H23N3O2/c1-19(2,3)22-13-15(12-17(22)23)20-18(24)14-6-8-16(9-7-14)21-10-4-5-11-21/h4-11,15H,12-13H2,1-3H3,(H,20,24). The molecule has 126 valence electrons. The van der Waals surface area contributed by atoms with Crippen molar-refractivity contribution in [1.82, 2.24) is 14.8 Å². The SMILES string of the molecule is CC(C)(C)N1CC(NC(=O)c2ccc(-n3cccc3)cc2)CC1=O. The first kappa shape index (κ1) is 16.3. The summed E-state index contributed by atoms with van der Waals surface area (Å²) < 4.78 is 1.98. The van der Waals surface area contributed by atoms with Crippen molar-refractivity contribution >= 4 is 11.8 Å². The maximum atomic E-state index is 12.4. The molecule has 1 saturated heterocycles. The first-order valence-electron chi connectivity index (χ1n) is 8.19. The van der Waals surface area contributed by atoms with Crippen molar-refractivity contribution in [2.24, 2.45) is 0 Å². The predicted molar refractivity (Wildman–Crippen MR) is 93.1 cm³/mol. The Hall–Kier alpha value is -2.56. The van der Waals surface area contributed by atoms with Crippen molar-refractivity contribution in [1.29, 1.82) is 0 Å². The Morgan fingerprint density at radius 2 is 1.75 bits per heavy atom. The number of nitrogens with zero attached hydrogens (tertiary/aromatic N) is 2. The highest BCUT2D eigenvalue weighted by Gasteiger charge is 2.36. The third-order valence-electron chi connectivity index (χ3n) is 4.30. The Morgan fingerprint density at radius 1 is 1.12 bits per heavy atom. The quantitative estimate of drug-likeness (QED) is 0.943. The van der Waals surface area contributed by atoms with Crippen molar-refractivity contribution in [2.45, 2.75) is 38.8 Å². The Morgan fingerprint density at radius 3 is 2.29 bits per heavy atom. The van der Waals surface area contributed by atoms with Crippen molar-refractivity contribution in [3.05, 3.63) is 54.4 Å². The van der Waals surface area contributed by atoms with E-state index in [4.69, 9.17) is 0 Å². The van der Waals surface area contributed by atoms with Crippen molar-refractivity contribution in [2.75, 3.05) is 6.54 Å². The van der Waals surface area contributed by atoms with Gasteiger partial charge in [0, 0.05) is 42.1 Å². The van der Waals surface area contributed by atoms with Gasteiger partial charge in [0.2, 0.25) is 5.91 Å². The molecule has 2 heterocycles. The summed E-state index contributed by atoms with van der Waals surface area (Å²) in [6.45, 7) is 6.59. The molecule has 0 spiro atoms. The van der Waals surface area contributed by atoms with Gasteiger partial charge < -0.3 is 14.8 Å². The zero-order valence-corrected chi connectivity index (χ0v) is 14.3. The molecule has 2 aromatic rings. The van der Waals surface area contributed by atoms with Crippen LogP contribution in [0.25, 0.3) is 5.69 Å². The number of hydrogen-bond acceptors (Lipinski definition) is 2. The summed E-state index contributed by atoms with van der Waals surface area (Å²) >= 11 is 0. The summed E-state index contributed by atoms with van der Waals surface area (Å²) in [4.78, 5) is 26.3. The molecule has 3 rings (SSSR count). The Balaban J connectivity index is 1.64. The molecule has 1 fully saturated rings. The average Bonchev–Trinajstić information content (AvgIpc) is 3.16. The lowest BCUT2D eigenvalue weighted by Crippen LogP contribution is -2.44. The van der Waals surface area contributed by atoms with E-state index in [1.807, 2.05) is 79.0 Å². The van der Waals surface area contributed by atoms with Crippen LogP contribution in [0.4, 0.5) is 0 Å². The van der Waals surface area contributed by atoms with E-state index in [9.17, 15) is 9.59 Å². The van der Waals surface area contributed by atoms with E-state index < -0.39 is 0 Å². The summed E-state index contributed by atoms with van der Waals surface area (Å²) in [7, 11) is 0.